The highest BCUT2D eigenvalue weighted by Crippen LogP contribution is 2.48. The zero-order chi connectivity index (χ0) is 21.6. The first-order chi connectivity index (χ1) is 14.3. The van der Waals surface area contributed by atoms with E-state index in [1.54, 1.807) is 25.7 Å². The number of likely N-dealkylation sites (N-methyl/N-ethyl adjacent to an activating group) is 1. The van der Waals surface area contributed by atoms with Crippen LogP contribution in [0.25, 0.3) is 0 Å². The van der Waals surface area contributed by atoms with Gasteiger partial charge in [-0.05, 0) is 38.6 Å². The van der Waals surface area contributed by atoms with Crippen molar-refractivity contribution in [3.05, 3.63) is 10.6 Å². The number of thioether (sulfide) groups is 1. The van der Waals surface area contributed by atoms with Crippen LogP contribution in [0.1, 0.15) is 32.6 Å². The van der Waals surface area contributed by atoms with Crippen molar-refractivity contribution in [2.24, 2.45) is 11.8 Å². The molecule has 0 aromatic carbocycles. The van der Waals surface area contributed by atoms with E-state index in [1.807, 2.05) is 0 Å². The number of aliphatic hydroxyl groups excluding tert-OH is 1. The maximum absolute atomic E-state index is 12.3. The molecule has 4 aliphatic rings. The van der Waals surface area contributed by atoms with Crippen LogP contribution in [0, 0.1) is 11.8 Å². The van der Waals surface area contributed by atoms with Crippen LogP contribution in [0.2, 0.25) is 0 Å². The average molecular weight is 439 g/mol. The lowest BCUT2D eigenvalue weighted by Crippen LogP contribution is -2.61. The number of carboxylic acids is 1. The number of carbonyl (C=O) groups is 3. The van der Waals surface area contributed by atoms with Crippen LogP contribution in [0.3, 0.4) is 0 Å². The lowest BCUT2D eigenvalue weighted by molar-refractivity contribution is -0.161. The van der Waals surface area contributed by atoms with E-state index in [4.69, 9.17) is 0 Å². The van der Waals surface area contributed by atoms with E-state index in [-0.39, 0.29) is 34.8 Å². The normalized spacial score (nSPS) is 36.6. The van der Waals surface area contributed by atoms with Gasteiger partial charge in [-0.25, -0.2) is 4.79 Å². The number of β-lactam (4-membered cyclic amide) rings is 1. The van der Waals surface area contributed by atoms with Crippen LogP contribution in [-0.2, 0) is 14.4 Å². The lowest BCUT2D eigenvalue weighted by Gasteiger charge is -2.44. The number of aliphatic hydroxyl groups is 1. The van der Waals surface area contributed by atoms with Crippen molar-refractivity contribution in [3.8, 4) is 0 Å². The van der Waals surface area contributed by atoms with E-state index in [0.29, 0.717) is 18.4 Å². The monoisotopic (exact) mass is 438 g/mol. The van der Waals surface area contributed by atoms with Gasteiger partial charge in [0.2, 0.25) is 11.8 Å². The molecule has 0 saturated carbocycles. The summed E-state index contributed by atoms with van der Waals surface area (Å²) in [7, 11) is 1.65. The quantitative estimate of drug-likeness (QED) is 0.336. The van der Waals surface area contributed by atoms with Crippen molar-refractivity contribution in [1.82, 2.24) is 20.9 Å². The molecule has 166 valence electrons. The summed E-state index contributed by atoms with van der Waals surface area (Å²) in [6, 6.07) is -0.00312. The number of hydrogen-bond acceptors (Lipinski definition) is 7. The van der Waals surface area contributed by atoms with Gasteiger partial charge in [0, 0.05) is 36.2 Å². The third-order valence-electron chi connectivity index (χ3n) is 6.78. The second-order valence-electron chi connectivity index (χ2n) is 8.82. The Bertz CT molecular complexity index is 772. The number of aliphatic carboxylic acids is 1. The second kappa shape index (κ2) is 8.49. The number of nitrogens with one attached hydrogen (secondary N) is 3. The average Bonchev–Trinajstić information content (AvgIpc) is 3.39. The number of hydrogen-bond donors (Lipinski definition) is 5. The number of fused-ring (bicyclic) bond motifs is 1. The Labute approximate surface area is 180 Å². The minimum atomic E-state index is -1.07. The summed E-state index contributed by atoms with van der Waals surface area (Å²) in [4.78, 5) is 38.1. The Kier molecular flexibility index (Phi) is 6.11. The molecule has 9 nitrogen and oxygen atoms in total. The summed E-state index contributed by atoms with van der Waals surface area (Å²) in [5, 5.41) is 29.3. The highest BCUT2D eigenvalue weighted by molar-refractivity contribution is 8.03. The SMILES string of the molecule is CNC(=O)[C@@H]1CC(C[C@@H]2C[C@H](SC3=C(C(=O)O)N4C(=O)[C@H]([C@@H](C)O)[C@H]4C3)CN2)CN1. The zero-order valence-electron chi connectivity index (χ0n) is 17.3. The van der Waals surface area contributed by atoms with Crippen LogP contribution in [-0.4, -0.2) is 82.5 Å². The molecule has 0 bridgehead atoms. The number of nitrogens with zero attached hydrogens (tertiary/aromatic N) is 1. The summed E-state index contributed by atoms with van der Waals surface area (Å²) in [5.74, 6) is -1.38. The third kappa shape index (κ3) is 3.86. The summed E-state index contributed by atoms with van der Waals surface area (Å²) >= 11 is 1.57. The number of rotatable bonds is 7. The lowest BCUT2D eigenvalue weighted by atomic mass is 9.83. The molecule has 4 heterocycles. The molecule has 30 heavy (non-hydrogen) atoms. The van der Waals surface area contributed by atoms with Gasteiger partial charge in [0.1, 0.15) is 5.70 Å². The molecule has 0 aromatic rings. The van der Waals surface area contributed by atoms with Crippen LogP contribution in [0.15, 0.2) is 10.6 Å². The van der Waals surface area contributed by atoms with E-state index in [2.05, 4.69) is 16.0 Å². The largest absolute Gasteiger partial charge is 0.477 e. The fourth-order valence-corrected chi connectivity index (χ4v) is 6.83. The summed E-state index contributed by atoms with van der Waals surface area (Å²) in [6.45, 7) is 3.22. The minimum absolute atomic E-state index is 0.0364. The van der Waals surface area contributed by atoms with Crippen molar-refractivity contribution >= 4 is 29.5 Å². The van der Waals surface area contributed by atoms with E-state index in [9.17, 15) is 24.6 Å². The van der Waals surface area contributed by atoms with Gasteiger partial charge in [-0.3, -0.25) is 9.59 Å². The van der Waals surface area contributed by atoms with Gasteiger partial charge >= 0.3 is 5.97 Å². The van der Waals surface area contributed by atoms with Crippen LogP contribution < -0.4 is 16.0 Å². The van der Waals surface area contributed by atoms with E-state index < -0.39 is 18.0 Å². The predicted molar refractivity (Wildman–Crippen MR) is 111 cm³/mol. The molecule has 5 N–H and O–H groups in total. The van der Waals surface area contributed by atoms with Crippen molar-refractivity contribution in [2.75, 3.05) is 20.1 Å². The summed E-state index contributed by atoms with van der Waals surface area (Å²) in [5.41, 5.74) is 0.101. The van der Waals surface area contributed by atoms with Crippen LogP contribution in [0.5, 0.6) is 0 Å². The van der Waals surface area contributed by atoms with Gasteiger partial charge in [0.15, 0.2) is 0 Å². The molecule has 3 fully saturated rings. The summed E-state index contributed by atoms with van der Waals surface area (Å²) in [6.07, 6.45) is 2.49. The maximum Gasteiger partial charge on any atom is 0.353 e. The fraction of sp³-hybridized carbons (Fsp3) is 0.750. The molecule has 4 aliphatic heterocycles. The van der Waals surface area contributed by atoms with Crippen LogP contribution >= 0.6 is 11.8 Å². The third-order valence-corrected chi connectivity index (χ3v) is 8.12. The summed E-state index contributed by atoms with van der Waals surface area (Å²) < 4.78 is 0. The van der Waals surface area contributed by atoms with E-state index >= 15 is 0 Å². The Morgan fingerprint density at radius 3 is 2.73 bits per heavy atom. The number of amides is 2. The Hall–Kier alpha value is -1.62. The fourth-order valence-electron chi connectivity index (χ4n) is 5.35. The minimum Gasteiger partial charge on any atom is -0.477 e. The van der Waals surface area contributed by atoms with Crippen molar-refractivity contribution in [1.29, 1.82) is 0 Å². The highest BCUT2D eigenvalue weighted by atomic mass is 32.2. The molecule has 0 aliphatic carbocycles. The van der Waals surface area contributed by atoms with Gasteiger partial charge < -0.3 is 31.1 Å². The van der Waals surface area contributed by atoms with Gasteiger partial charge in [0.25, 0.3) is 0 Å². The smallest absolute Gasteiger partial charge is 0.353 e. The molecule has 1 unspecified atom stereocenters. The first-order valence-electron chi connectivity index (χ1n) is 10.6. The van der Waals surface area contributed by atoms with Crippen LogP contribution in [0.4, 0.5) is 0 Å². The molecule has 0 radical (unpaired) electrons. The van der Waals surface area contributed by atoms with E-state index in [1.165, 1.54) is 4.90 Å². The number of carbonyl (C=O) groups excluding carboxylic acids is 2. The molecule has 10 heteroatoms. The van der Waals surface area contributed by atoms with Crippen molar-refractivity contribution < 1.29 is 24.6 Å². The maximum atomic E-state index is 12.3. The first kappa shape index (κ1) is 21.6. The molecule has 2 amide bonds. The standard InChI is InChI=1S/C20H30N4O5S/c1-9(25)16-14-6-15(17(20(28)29)24(14)19(16)27)30-12-5-11(22-8-12)3-10-4-13(23-7-10)18(26)21-2/h9-14,16,22-23,25H,3-8H2,1-2H3,(H,21,26)(H,28,29)/t9-,10?,11-,12+,13+,14-,16-/m1/s1. The molecule has 7 atom stereocenters. The molecule has 3 saturated heterocycles. The molecule has 0 spiro atoms. The second-order valence-corrected chi connectivity index (χ2v) is 10.2. The zero-order valence-corrected chi connectivity index (χ0v) is 18.1. The van der Waals surface area contributed by atoms with Gasteiger partial charge in [-0.1, -0.05) is 0 Å². The van der Waals surface area contributed by atoms with Gasteiger partial charge in [-0.2, -0.15) is 0 Å². The Morgan fingerprint density at radius 1 is 1.30 bits per heavy atom. The molecule has 0 aromatic heterocycles. The molecule has 4 rings (SSSR count). The Morgan fingerprint density at radius 2 is 2.07 bits per heavy atom. The van der Waals surface area contributed by atoms with Crippen molar-refractivity contribution in [3.63, 3.8) is 0 Å². The van der Waals surface area contributed by atoms with Gasteiger partial charge in [0.05, 0.1) is 24.1 Å². The van der Waals surface area contributed by atoms with E-state index in [0.717, 1.165) is 37.3 Å². The number of carboxylic acid groups (broad SMARTS) is 1. The van der Waals surface area contributed by atoms with Gasteiger partial charge in [-0.15, -0.1) is 11.8 Å². The Balaban J connectivity index is 1.33. The first-order valence-corrected chi connectivity index (χ1v) is 11.5. The molecular formula is C20H30N4O5S. The highest BCUT2D eigenvalue weighted by Gasteiger charge is 2.57. The molecular weight excluding hydrogens is 408 g/mol. The topological polar surface area (TPSA) is 131 Å². The van der Waals surface area contributed by atoms with Crippen molar-refractivity contribution in [2.45, 2.75) is 62.1 Å². The predicted octanol–water partition coefficient (Wildman–Crippen LogP) is -0.528.